The predicted octanol–water partition coefficient (Wildman–Crippen LogP) is 3.89. The molecule has 0 aliphatic carbocycles. The molecule has 6 heteroatoms. The number of benzene rings is 2. The van der Waals surface area contributed by atoms with E-state index in [1.54, 1.807) is 4.90 Å². The van der Waals surface area contributed by atoms with Gasteiger partial charge in [-0.2, -0.15) is 0 Å². The number of fused-ring (bicyclic) bond motifs is 1. The maximum Gasteiger partial charge on any atom is 0.247 e. The lowest BCUT2D eigenvalue weighted by molar-refractivity contribution is -0.133. The monoisotopic (exact) mass is 394 g/mol. The number of unbranched alkanes of at least 4 members (excludes halogenated alkanes) is 1. The van der Waals surface area contributed by atoms with Crippen molar-refractivity contribution in [1.29, 1.82) is 0 Å². The third-order valence-corrected chi connectivity index (χ3v) is 5.46. The van der Waals surface area contributed by atoms with Crippen molar-refractivity contribution in [3.63, 3.8) is 0 Å². The summed E-state index contributed by atoms with van der Waals surface area (Å²) in [6.07, 6.45) is 4.28. The van der Waals surface area contributed by atoms with Crippen LogP contribution in [-0.4, -0.2) is 29.5 Å². The zero-order valence-corrected chi connectivity index (χ0v) is 16.6. The van der Waals surface area contributed by atoms with Crippen LogP contribution < -0.4 is 14.8 Å². The number of aryl methyl sites for hydroxylation is 1. The van der Waals surface area contributed by atoms with Gasteiger partial charge in [0.1, 0.15) is 6.04 Å². The number of hydrogen-bond donors (Lipinski definition) is 1. The summed E-state index contributed by atoms with van der Waals surface area (Å²) in [5.41, 5.74) is 2.95. The Morgan fingerprint density at radius 2 is 1.86 bits per heavy atom. The second-order valence-electron chi connectivity index (χ2n) is 7.55. The first-order valence-corrected chi connectivity index (χ1v) is 10.2. The molecule has 1 N–H and O–H groups in total. The lowest BCUT2D eigenvalue weighted by Gasteiger charge is -2.24. The minimum Gasteiger partial charge on any atom is -0.454 e. The van der Waals surface area contributed by atoms with Crippen molar-refractivity contribution < 1.29 is 19.1 Å². The van der Waals surface area contributed by atoms with Gasteiger partial charge in [0.25, 0.3) is 0 Å². The number of hydrogen-bond acceptors (Lipinski definition) is 4. The fourth-order valence-electron chi connectivity index (χ4n) is 3.80. The highest BCUT2D eigenvalue weighted by atomic mass is 16.7. The second kappa shape index (κ2) is 8.55. The summed E-state index contributed by atoms with van der Waals surface area (Å²) in [7, 11) is 0. The molecule has 1 saturated heterocycles. The fraction of sp³-hybridized carbons (Fsp3) is 0.391. The van der Waals surface area contributed by atoms with Crippen LogP contribution in [0, 0.1) is 0 Å². The molecule has 4 rings (SSSR count). The first kappa shape index (κ1) is 19.3. The van der Waals surface area contributed by atoms with Crippen LogP contribution in [0.3, 0.4) is 0 Å². The van der Waals surface area contributed by atoms with E-state index < -0.39 is 6.04 Å². The number of carbonyl (C=O) groups excluding carboxylic acids is 2. The van der Waals surface area contributed by atoms with Crippen molar-refractivity contribution in [2.45, 2.75) is 51.6 Å². The average Bonchev–Trinajstić information content (AvgIpc) is 3.34. The van der Waals surface area contributed by atoms with Crippen molar-refractivity contribution in [2.75, 3.05) is 12.1 Å². The van der Waals surface area contributed by atoms with Crippen LogP contribution in [0.4, 0.5) is 5.69 Å². The lowest BCUT2D eigenvalue weighted by atomic mass is 10.1. The van der Waals surface area contributed by atoms with Crippen LogP contribution in [0.15, 0.2) is 42.5 Å². The molecule has 2 aromatic carbocycles. The van der Waals surface area contributed by atoms with Crippen LogP contribution >= 0.6 is 0 Å². The minimum absolute atomic E-state index is 0.00210. The smallest absolute Gasteiger partial charge is 0.247 e. The Hall–Kier alpha value is -3.02. The Kier molecular flexibility index (Phi) is 5.69. The van der Waals surface area contributed by atoms with Gasteiger partial charge in [0.2, 0.25) is 18.6 Å². The minimum atomic E-state index is -0.465. The molecular formula is C23H26N2O4. The van der Waals surface area contributed by atoms with E-state index in [9.17, 15) is 9.59 Å². The summed E-state index contributed by atoms with van der Waals surface area (Å²) in [6.45, 7) is 2.76. The summed E-state index contributed by atoms with van der Waals surface area (Å²) in [4.78, 5) is 26.9. The van der Waals surface area contributed by atoms with E-state index in [1.807, 2.05) is 30.3 Å². The predicted molar refractivity (Wildman–Crippen MR) is 110 cm³/mol. The van der Waals surface area contributed by atoms with Crippen molar-refractivity contribution in [1.82, 2.24) is 4.90 Å². The molecule has 2 amide bonds. The third-order valence-electron chi connectivity index (χ3n) is 5.46. The largest absolute Gasteiger partial charge is 0.454 e. The Morgan fingerprint density at radius 1 is 1.10 bits per heavy atom. The molecular weight excluding hydrogens is 368 g/mol. The van der Waals surface area contributed by atoms with Gasteiger partial charge in [-0.1, -0.05) is 31.5 Å². The third kappa shape index (κ3) is 4.36. The van der Waals surface area contributed by atoms with Gasteiger partial charge in [-0.3, -0.25) is 9.59 Å². The maximum atomic E-state index is 12.9. The van der Waals surface area contributed by atoms with E-state index in [1.165, 1.54) is 5.56 Å². The van der Waals surface area contributed by atoms with Gasteiger partial charge >= 0.3 is 0 Å². The van der Waals surface area contributed by atoms with E-state index in [4.69, 9.17) is 9.47 Å². The molecule has 2 heterocycles. The quantitative estimate of drug-likeness (QED) is 0.774. The van der Waals surface area contributed by atoms with Crippen LogP contribution in [-0.2, 0) is 22.6 Å². The number of carbonyl (C=O) groups is 2. The van der Waals surface area contributed by atoms with Crippen LogP contribution in [0.5, 0.6) is 11.5 Å². The molecule has 2 aliphatic heterocycles. The molecule has 1 fully saturated rings. The second-order valence-corrected chi connectivity index (χ2v) is 7.55. The van der Waals surface area contributed by atoms with Gasteiger partial charge in [-0.25, -0.2) is 0 Å². The fourth-order valence-corrected chi connectivity index (χ4v) is 3.80. The first-order chi connectivity index (χ1) is 14.1. The Morgan fingerprint density at radius 3 is 2.66 bits per heavy atom. The average molecular weight is 394 g/mol. The van der Waals surface area contributed by atoms with Gasteiger partial charge in [0.05, 0.1) is 0 Å². The first-order valence-electron chi connectivity index (χ1n) is 10.2. The number of anilines is 1. The number of nitrogens with zero attached hydrogens (tertiary/aromatic N) is 1. The van der Waals surface area contributed by atoms with Gasteiger partial charge in [-0.15, -0.1) is 0 Å². The van der Waals surface area contributed by atoms with Crippen molar-refractivity contribution in [3.05, 3.63) is 53.6 Å². The van der Waals surface area contributed by atoms with E-state index in [2.05, 4.69) is 24.4 Å². The van der Waals surface area contributed by atoms with E-state index in [-0.39, 0.29) is 18.6 Å². The Labute approximate surface area is 170 Å². The molecule has 0 saturated carbocycles. The summed E-state index contributed by atoms with van der Waals surface area (Å²) in [5.74, 6) is 1.24. The number of amides is 2. The van der Waals surface area contributed by atoms with Crippen molar-refractivity contribution in [3.8, 4) is 11.5 Å². The van der Waals surface area contributed by atoms with Gasteiger partial charge in [0, 0.05) is 18.7 Å². The lowest BCUT2D eigenvalue weighted by Crippen LogP contribution is -2.41. The van der Waals surface area contributed by atoms with Crippen LogP contribution in [0.1, 0.15) is 43.7 Å². The molecule has 0 bridgehead atoms. The number of nitrogens with one attached hydrogen (secondary N) is 1. The molecule has 6 nitrogen and oxygen atoms in total. The zero-order valence-electron chi connectivity index (χ0n) is 16.6. The van der Waals surface area contributed by atoms with Gasteiger partial charge in [0.15, 0.2) is 11.5 Å². The van der Waals surface area contributed by atoms with Crippen molar-refractivity contribution in [2.24, 2.45) is 0 Å². The number of ether oxygens (including phenoxy) is 2. The maximum absolute atomic E-state index is 12.9. The normalized spacial score (nSPS) is 17.6. The molecule has 152 valence electrons. The summed E-state index contributed by atoms with van der Waals surface area (Å²) < 4.78 is 10.7. The van der Waals surface area contributed by atoms with Crippen LogP contribution in [0.25, 0.3) is 0 Å². The number of rotatable bonds is 7. The molecule has 0 spiro atoms. The highest BCUT2D eigenvalue weighted by Gasteiger charge is 2.36. The highest BCUT2D eigenvalue weighted by molar-refractivity contribution is 5.99. The van der Waals surface area contributed by atoms with E-state index in [0.717, 1.165) is 30.5 Å². The highest BCUT2D eigenvalue weighted by Crippen LogP contribution is 2.33. The standard InChI is InChI=1S/C23H26N2O4/c1-2-3-4-16-5-8-18(9-6-16)24-23(27)19-10-12-22(26)25(19)14-17-7-11-20-21(13-17)29-15-28-20/h5-9,11,13,19H,2-4,10,12,14-15H2,1H3,(H,24,27). The molecule has 1 atom stereocenters. The Bertz CT molecular complexity index is 894. The molecule has 0 radical (unpaired) electrons. The van der Waals surface area contributed by atoms with Gasteiger partial charge < -0.3 is 19.7 Å². The SMILES string of the molecule is CCCCc1ccc(NC(=O)C2CCC(=O)N2Cc2ccc3c(c2)OCO3)cc1. The molecule has 29 heavy (non-hydrogen) atoms. The topological polar surface area (TPSA) is 67.9 Å². The Balaban J connectivity index is 1.41. The summed E-state index contributed by atoms with van der Waals surface area (Å²) >= 11 is 0. The van der Waals surface area contributed by atoms with Crippen molar-refractivity contribution >= 4 is 17.5 Å². The molecule has 2 aromatic rings. The van der Waals surface area contributed by atoms with E-state index in [0.29, 0.717) is 30.9 Å². The zero-order chi connectivity index (χ0) is 20.2. The van der Waals surface area contributed by atoms with Gasteiger partial charge in [-0.05, 0) is 54.7 Å². The summed E-state index contributed by atoms with van der Waals surface area (Å²) in [6, 6.07) is 13.1. The molecule has 2 aliphatic rings. The van der Waals surface area contributed by atoms with E-state index >= 15 is 0 Å². The number of likely N-dealkylation sites (tertiary alicyclic amines) is 1. The summed E-state index contributed by atoms with van der Waals surface area (Å²) in [5, 5.41) is 2.97. The molecule has 1 unspecified atom stereocenters. The van der Waals surface area contributed by atoms with Crippen LogP contribution in [0.2, 0.25) is 0 Å². The molecule has 0 aromatic heterocycles.